The van der Waals surface area contributed by atoms with E-state index in [1.807, 2.05) is 24.3 Å². The van der Waals surface area contributed by atoms with E-state index >= 15 is 0 Å². The Morgan fingerprint density at radius 3 is 2.67 bits per heavy atom. The topological polar surface area (TPSA) is 64.3 Å². The number of carbonyl (C=O) groups is 1. The molecule has 0 heterocycles. The number of nitrogens with two attached hydrogens (primary N) is 1. The van der Waals surface area contributed by atoms with Crippen molar-refractivity contribution in [3.63, 3.8) is 0 Å². The van der Waals surface area contributed by atoms with Crippen LogP contribution in [-0.4, -0.2) is 26.1 Å². The van der Waals surface area contributed by atoms with Crippen molar-refractivity contribution in [2.75, 3.05) is 20.2 Å². The molecule has 1 aromatic carbocycles. The van der Waals surface area contributed by atoms with Crippen molar-refractivity contribution in [2.24, 2.45) is 11.1 Å². The number of carbonyl (C=O) groups excluding carboxylic acids is 1. The minimum atomic E-state index is -0.196. The molecule has 1 aliphatic rings. The van der Waals surface area contributed by atoms with Crippen molar-refractivity contribution in [3.8, 4) is 0 Å². The second-order valence-electron chi connectivity index (χ2n) is 6.52. The maximum atomic E-state index is 12.3. The lowest BCUT2D eigenvalue weighted by molar-refractivity contribution is -0.124. The molecule has 136 valence electrons. The van der Waals surface area contributed by atoms with Crippen LogP contribution in [0, 0.1) is 5.41 Å². The fourth-order valence-electron chi connectivity index (χ4n) is 3.41. The summed E-state index contributed by atoms with van der Waals surface area (Å²) >= 11 is 6.02. The number of hydrogen-bond donors (Lipinski definition) is 2. The predicted molar refractivity (Wildman–Crippen MR) is 101 cm³/mol. The monoisotopic (exact) mass is 374 g/mol. The predicted octanol–water partition coefficient (Wildman–Crippen LogP) is 3.86. The Kier molecular flexibility index (Phi) is 9.06. The van der Waals surface area contributed by atoms with E-state index in [1.54, 1.807) is 7.11 Å². The van der Waals surface area contributed by atoms with Crippen molar-refractivity contribution >= 4 is 29.9 Å². The first-order chi connectivity index (χ1) is 11.1. The summed E-state index contributed by atoms with van der Waals surface area (Å²) in [6.45, 7) is 1.03. The lowest BCUT2D eigenvalue weighted by Crippen LogP contribution is -2.39. The average Bonchev–Trinajstić information content (AvgIpc) is 2.56. The van der Waals surface area contributed by atoms with Crippen LogP contribution in [0.3, 0.4) is 0 Å². The first kappa shape index (κ1) is 21.2. The zero-order valence-electron chi connectivity index (χ0n) is 14.2. The van der Waals surface area contributed by atoms with Crippen LogP contribution in [0.15, 0.2) is 24.3 Å². The molecule has 0 aliphatic heterocycles. The second kappa shape index (κ2) is 10.2. The van der Waals surface area contributed by atoms with Gasteiger partial charge in [0.15, 0.2) is 0 Å². The van der Waals surface area contributed by atoms with Gasteiger partial charge in [-0.3, -0.25) is 4.79 Å². The van der Waals surface area contributed by atoms with Crippen LogP contribution in [-0.2, 0) is 9.53 Å². The van der Waals surface area contributed by atoms with Crippen molar-refractivity contribution < 1.29 is 9.53 Å². The number of methoxy groups -OCH3 is 1. The van der Waals surface area contributed by atoms with Crippen molar-refractivity contribution in [1.29, 1.82) is 0 Å². The Morgan fingerprint density at radius 1 is 1.38 bits per heavy atom. The normalized spacial score (nSPS) is 17.6. The quantitative estimate of drug-likeness (QED) is 0.761. The molecule has 0 radical (unpaired) electrons. The maximum Gasteiger partial charge on any atom is 0.220 e. The zero-order chi connectivity index (χ0) is 16.7. The summed E-state index contributed by atoms with van der Waals surface area (Å²) in [5.41, 5.74) is 6.91. The van der Waals surface area contributed by atoms with Gasteiger partial charge in [-0.15, -0.1) is 12.4 Å². The van der Waals surface area contributed by atoms with E-state index in [1.165, 1.54) is 19.3 Å². The standard InChI is InChI=1S/C18H27ClN2O2.ClH/c1-23-16(14-6-5-7-15(19)10-14)12-21-17(22)11-18(13-20)8-3-2-4-9-18;/h5-7,10,16H,2-4,8-9,11-13,20H2,1H3,(H,21,22);1H. The third-order valence-electron chi connectivity index (χ3n) is 4.87. The number of ether oxygens (including phenoxy) is 1. The largest absolute Gasteiger partial charge is 0.375 e. The van der Waals surface area contributed by atoms with Gasteiger partial charge in [-0.05, 0) is 42.5 Å². The van der Waals surface area contributed by atoms with Gasteiger partial charge >= 0.3 is 0 Å². The third-order valence-corrected chi connectivity index (χ3v) is 5.11. The summed E-state index contributed by atoms with van der Waals surface area (Å²) in [6, 6.07) is 7.53. The molecule has 6 heteroatoms. The summed E-state index contributed by atoms with van der Waals surface area (Å²) < 4.78 is 5.49. The number of benzene rings is 1. The van der Waals surface area contributed by atoms with E-state index in [4.69, 9.17) is 22.1 Å². The van der Waals surface area contributed by atoms with Gasteiger partial charge < -0.3 is 15.8 Å². The van der Waals surface area contributed by atoms with Gasteiger partial charge in [0.25, 0.3) is 0 Å². The molecule has 1 aromatic rings. The van der Waals surface area contributed by atoms with E-state index in [-0.39, 0.29) is 29.8 Å². The molecular weight excluding hydrogens is 347 g/mol. The van der Waals surface area contributed by atoms with E-state index in [0.29, 0.717) is 24.5 Å². The molecule has 3 N–H and O–H groups in total. The van der Waals surface area contributed by atoms with Gasteiger partial charge in [0.05, 0.1) is 6.10 Å². The highest BCUT2D eigenvalue weighted by atomic mass is 35.5. The molecule has 0 aromatic heterocycles. The van der Waals surface area contributed by atoms with Crippen molar-refractivity contribution in [3.05, 3.63) is 34.9 Å². The molecule has 1 atom stereocenters. The van der Waals surface area contributed by atoms with Gasteiger partial charge in [-0.1, -0.05) is 43.0 Å². The van der Waals surface area contributed by atoms with Crippen LogP contribution in [0.1, 0.15) is 50.2 Å². The van der Waals surface area contributed by atoms with E-state index in [9.17, 15) is 4.79 Å². The summed E-state index contributed by atoms with van der Waals surface area (Å²) in [5.74, 6) is 0.0569. The SMILES string of the molecule is COC(CNC(=O)CC1(CN)CCCCC1)c1cccc(Cl)c1.Cl. The minimum absolute atomic E-state index is 0. The number of amides is 1. The molecule has 0 saturated heterocycles. The van der Waals surface area contributed by atoms with Crippen LogP contribution in [0.4, 0.5) is 0 Å². The number of hydrogen-bond acceptors (Lipinski definition) is 3. The van der Waals surface area contributed by atoms with E-state index < -0.39 is 0 Å². The molecule has 24 heavy (non-hydrogen) atoms. The molecule has 1 unspecified atom stereocenters. The van der Waals surface area contributed by atoms with Crippen LogP contribution >= 0.6 is 24.0 Å². The van der Waals surface area contributed by atoms with Gasteiger partial charge in [0.2, 0.25) is 5.91 Å². The lowest BCUT2D eigenvalue weighted by Gasteiger charge is -2.35. The summed E-state index contributed by atoms with van der Waals surface area (Å²) in [5, 5.41) is 3.66. The summed E-state index contributed by atoms with van der Waals surface area (Å²) in [7, 11) is 1.64. The highest BCUT2D eigenvalue weighted by Gasteiger charge is 2.33. The Hall–Kier alpha value is -0.810. The average molecular weight is 375 g/mol. The van der Waals surface area contributed by atoms with Crippen molar-refractivity contribution in [2.45, 2.75) is 44.6 Å². The van der Waals surface area contributed by atoms with Crippen LogP contribution in [0.2, 0.25) is 5.02 Å². The highest BCUT2D eigenvalue weighted by molar-refractivity contribution is 6.30. The smallest absolute Gasteiger partial charge is 0.220 e. The first-order valence-electron chi connectivity index (χ1n) is 8.33. The Morgan fingerprint density at radius 2 is 2.08 bits per heavy atom. The lowest BCUT2D eigenvalue weighted by atomic mass is 9.71. The number of nitrogens with one attached hydrogen (secondary N) is 1. The van der Waals surface area contributed by atoms with Gasteiger partial charge in [-0.2, -0.15) is 0 Å². The first-order valence-corrected chi connectivity index (χ1v) is 8.71. The molecule has 2 rings (SSSR count). The third kappa shape index (κ3) is 5.92. The second-order valence-corrected chi connectivity index (χ2v) is 6.96. The minimum Gasteiger partial charge on any atom is -0.375 e. The van der Waals surface area contributed by atoms with Gasteiger partial charge in [-0.25, -0.2) is 0 Å². The fraction of sp³-hybridized carbons (Fsp3) is 0.611. The Balaban J connectivity index is 0.00000288. The van der Waals surface area contributed by atoms with Crippen molar-refractivity contribution in [1.82, 2.24) is 5.32 Å². The molecule has 4 nitrogen and oxygen atoms in total. The molecule has 1 fully saturated rings. The van der Waals surface area contributed by atoms with Gasteiger partial charge in [0.1, 0.15) is 0 Å². The maximum absolute atomic E-state index is 12.3. The molecule has 0 spiro atoms. The summed E-state index contributed by atoms with van der Waals surface area (Å²) in [6.07, 6.45) is 6.02. The zero-order valence-corrected chi connectivity index (χ0v) is 15.8. The fourth-order valence-corrected chi connectivity index (χ4v) is 3.61. The highest BCUT2D eigenvalue weighted by Crippen LogP contribution is 2.38. The molecular formula is C18H28Cl2N2O2. The Bertz CT molecular complexity index is 519. The van der Waals surface area contributed by atoms with Gasteiger partial charge in [0, 0.05) is 25.1 Å². The molecule has 0 bridgehead atoms. The number of halogens is 2. The van der Waals surface area contributed by atoms with Crippen LogP contribution in [0.25, 0.3) is 0 Å². The summed E-state index contributed by atoms with van der Waals surface area (Å²) in [4.78, 5) is 12.3. The van der Waals surface area contributed by atoms with Crippen LogP contribution in [0.5, 0.6) is 0 Å². The van der Waals surface area contributed by atoms with E-state index in [0.717, 1.165) is 18.4 Å². The molecule has 1 amide bonds. The Labute approximate surface area is 155 Å². The van der Waals surface area contributed by atoms with E-state index in [2.05, 4.69) is 5.32 Å². The van der Waals surface area contributed by atoms with Crippen LogP contribution < -0.4 is 11.1 Å². The molecule has 1 saturated carbocycles. The number of rotatable bonds is 7. The molecule has 1 aliphatic carbocycles.